The Morgan fingerprint density at radius 1 is 1.07 bits per heavy atom. The monoisotopic (exact) mass is 619 g/mol. The highest BCUT2D eigenvalue weighted by Gasteiger charge is 2.42. The summed E-state index contributed by atoms with van der Waals surface area (Å²) >= 11 is 1.88. The number of carbonyl (C=O) groups is 3. The van der Waals surface area contributed by atoms with E-state index in [0.717, 1.165) is 37.9 Å². The summed E-state index contributed by atoms with van der Waals surface area (Å²) in [5, 5.41) is 12.1. The van der Waals surface area contributed by atoms with Gasteiger partial charge in [0.15, 0.2) is 18.9 Å². The van der Waals surface area contributed by atoms with Crippen LogP contribution in [0.25, 0.3) is 0 Å². The molecule has 0 radical (unpaired) electrons. The molecule has 2 fully saturated rings. The maximum atomic E-state index is 12.5. The number of nitrogens with one attached hydrogen (secondary N) is 4. The molecule has 0 aliphatic carbocycles. The quantitative estimate of drug-likeness (QED) is 0.0823. The number of nitrogens with zero attached hydrogens (tertiary/aromatic N) is 1. The number of thioether (sulfide) groups is 1. The molecule has 1 aromatic heterocycles. The standard InChI is InChI=1S/C28H38N5O7PS/c34-25(10-5-4-9-24-27-22(19-42-24)31-28(36)32-27)29-14-6-1-3-11-26(35)30-21-12-13-23(40-41(37,38)39)20(17-21)18-33-15-7-2-8-16-33/h2,7-8,12-13,15-17,22,24,27H,1,3-6,9-11,14,18-19H2,(H5-,29,30,31,32,34,35,36,37,38,39). The van der Waals surface area contributed by atoms with Crippen molar-refractivity contribution in [3.8, 4) is 5.75 Å². The number of anilines is 1. The summed E-state index contributed by atoms with van der Waals surface area (Å²) < 4.78 is 17.8. The highest BCUT2D eigenvalue weighted by atomic mass is 32.2. The highest BCUT2D eigenvalue weighted by molar-refractivity contribution is 8.00. The van der Waals surface area contributed by atoms with Crippen LogP contribution in [0.5, 0.6) is 5.75 Å². The molecule has 1 aromatic carbocycles. The third-order valence-corrected chi connectivity index (χ3v) is 9.11. The number of unbranched alkanes of at least 4 members (excludes halogenated alkanes) is 3. The van der Waals surface area contributed by atoms with Crippen molar-refractivity contribution in [3.63, 3.8) is 0 Å². The fourth-order valence-corrected chi connectivity index (χ4v) is 7.10. The van der Waals surface area contributed by atoms with Crippen molar-refractivity contribution in [2.24, 2.45) is 0 Å². The molecule has 0 saturated carbocycles. The van der Waals surface area contributed by atoms with E-state index in [-0.39, 0.29) is 42.2 Å². The Balaban J connectivity index is 1.09. The van der Waals surface area contributed by atoms with Crippen LogP contribution in [-0.4, -0.2) is 52.4 Å². The van der Waals surface area contributed by atoms with E-state index in [2.05, 4.69) is 21.3 Å². The molecule has 4 unspecified atom stereocenters. The highest BCUT2D eigenvalue weighted by Crippen LogP contribution is 2.36. The van der Waals surface area contributed by atoms with Crippen molar-refractivity contribution in [2.75, 3.05) is 17.6 Å². The van der Waals surface area contributed by atoms with Crippen LogP contribution in [0, 0.1) is 0 Å². The minimum atomic E-state index is -5.00. The second-order valence-corrected chi connectivity index (χ2v) is 12.9. The average molecular weight is 620 g/mol. The molecule has 4 amide bonds. The molecule has 0 spiro atoms. The normalized spacial score (nSPS) is 20.6. The van der Waals surface area contributed by atoms with Crippen LogP contribution in [0.3, 0.4) is 0 Å². The van der Waals surface area contributed by atoms with Gasteiger partial charge in [-0.15, -0.1) is 0 Å². The second-order valence-electron chi connectivity index (χ2n) is 10.5. The number of hydrogen-bond donors (Lipinski definition) is 5. The van der Waals surface area contributed by atoms with Gasteiger partial charge in [-0.1, -0.05) is 18.9 Å². The lowest BCUT2D eigenvalue weighted by atomic mass is 10.0. The Morgan fingerprint density at radius 2 is 1.83 bits per heavy atom. The Bertz CT molecular complexity index is 1280. The molecule has 0 bridgehead atoms. The third kappa shape index (κ3) is 10.3. The van der Waals surface area contributed by atoms with Crippen LogP contribution in [0.1, 0.15) is 56.9 Å². The number of hydrogen-bond acceptors (Lipinski definition) is 7. The minimum absolute atomic E-state index is 0.0187. The molecule has 2 aromatic rings. The molecule has 2 saturated heterocycles. The van der Waals surface area contributed by atoms with Crippen molar-refractivity contribution in [2.45, 2.75) is 75.2 Å². The van der Waals surface area contributed by atoms with Crippen LogP contribution in [-0.2, 0) is 20.7 Å². The zero-order valence-electron chi connectivity index (χ0n) is 23.3. The van der Waals surface area contributed by atoms with Crippen molar-refractivity contribution < 1.29 is 37.8 Å². The topological polar surface area (TPSA) is 173 Å². The number of amides is 4. The predicted molar refractivity (Wildman–Crippen MR) is 157 cm³/mol. The Labute approximate surface area is 249 Å². The smallest absolute Gasteiger partial charge is 0.317 e. The van der Waals surface area contributed by atoms with E-state index in [1.54, 1.807) is 23.0 Å². The van der Waals surface area contributed by atoms with E-state index in [0.29, 0.717) is 42.3 Å². The minimum Gasteiger partial charge on any atom is -0.746 e. The second kappa shape index (κ2) is 15.4. The van der Waals surface area contributed by atoms with Gasteiger partial charge in [0.05, 0.1) is 17.6 Å². The molecule has 4 rings (SSSR count). The van der Waals surface area contributed by atoms with E-state index in [9.17, 15) is 23.8 Å². The molecule has 2 aliphatic rings. The molecule has 42 heavy (non-hydrogen) atoms. The molecule has 14 heteroatoms. The van der Waals surface area contributed by atoms with E-state index in [1.165, 1.54) is 12.1 Å². The first-order chi connectivity index (χ1) is 20.2. The van der Waals surface area contributed by atoms with Gasteiger partial charge in [-0.25, -0.2) is 9.36 Å². The summed E-state index contributed by atoms with van der Waals surface area (Å²) in [7, 11) is -5.00. The molecule has 228 valence electrons. The number of carbonyl (C=O) groups excluding carboxylic acids is 3. The summed E-state index contributed by atoms with van der Waals surface area (Å²) in [4.78, 5) is 56.5. The molecular weight excluding hydrogens is 581 g/mol. The number of pyridine rings is 1. The lowest BCUT2D eigenvalue weighted by Gasteiger charge is -2.19. The maximum absolute atomic E-state index is 12.5. The van der Waals surface area contributed by atoms with Gasteiger partial charge in [0.1, 0.15) is 5.75 Å². The molecule has 5 N–H and O–H groups in total. The van der Waals surface area contributed by atoms with Crippen LogP contribution >= 0.6 is 19.6 Å². The van der Waals surface area contributed by atoms with Gasteiger partial charge in [-0.05, 0) is 43.9 Å². The van der Waals surface area contributed by atoms with Crippen molar-refractivity contribution >= 4 is 43.1 Å². The number of benzene rings is 1. The van der Waals surface area contributed by atoms with Crippen LogP contribution in [0.4, 0.5) is 10.5 Å². The van der Waals surface area contributed by atoms with Crippen LogP contribution in [0.2, 0.25) is 0 Å². The summed E-state index contributed by atoms with van der Waals surface area (Å²) in [5.74, 6) is 0.775. The third-order valence-electron chi connectivity index (χ3n) is 7.17. The molecular formula is C28H38N5O7PS. The summed E-state index contributed by atoms with van der Waals surface area (Å²) in [6, 6.07) is 10.4. The first kappa shape index (κ1) is 31.8. The van der Waals surface area contributed by atoms with E-state index in [4.69, 9.17) is 9.42 Å². The number of phosphoric acid groups is 1. The van der Waals surface area contributed by atoms with Crippen molar-refractivity contribution in [1.82, 2.24) is 16.0 Å². The largest absolute Gasteiger partial charge is 0.746 e. The average Bonchev–Trinajstić information content (AvgIpc) is 3.49. The first-order valence-corrected chi connectivity index (χ1v) is 16.8. The van der Waals surface area contributed by atoms with Crippen LogP contribution in [0.15, 0.2) is 48.8 Å². The Morgan fingerprint density at radius 3 is 2.62 bits per heavy atom. The Kier molecular flexibility index (Phi) is 11.6. The first-order valence-electron chi connectivity index (χ1n) is 14.2. The maximum Gasteiger partial charge on any atom is 0.317 e. The van der Waals surface area contributed by atoms with Gasteiger partial charge < -0.3 is 35.6 Å². The van der Waals surface area contributed by atoms with Gasteiger partial charge in [0.25, 0.3) is 0 Å². The van der Waals surface area contributed by atoms with E-state index in [1.807, 2.05) is 30.0 Å². The fraction of sp³-hybridized carbons (Fsp3) is 0.500. The lowest BCUT2D eigenvalue weighted by Crippen LogP contribution is -2.36. The van der Waals surface area contributed by atoms with Gasteiger partial charge in [-0.3, -0.25) is 14.2 Å². The number of urea groups is 1. The van der Waals surface area contributed by atoms with Gasteiger partial charge in [0, 0.05) is 48.2 Å². The number of phosphoric ester groups is 1. The van der Waals surface area contributed by atoms with E-state index < -0.39 is 7.82 Å². The number of rotatable bonds is 16. The fourth-order valence-electron chi connectivity index (χ4n) is 5.13. The summed E-state index contributed by atoms with van der Waals surface area (Å²) in [6.07, 6.45) is 9.35. The predicted octanol–water partition coefficient (Wildman–Crippen LogP) is 2.20. The zero-order chi connectivity index (χ0) is 30.0. The van der Waals surface area contributed by atoms with Crippen molar-refractivity contribution in [1.29, 1.82) is 0 Å². The van der Waals surface area contributed by atoms with Gasteiger partial charge >= 0.3 is 13.9 Å². The summed E-state index contributed by atoms with van der Waals surface area (Å²) in [5.41, 5.74) is 0.955. The number of fused-ring (bicyclic) bond motifs is 1. The van der Waals surface area contributed by atoms with Crippen molar-refractivity contribution in [3.05, 3.63) is 54.4 Å². The van der Waals surface area contributed by atoms with E-state index >= 15 is 0 Å². The zero-order valence-corrected chi connectivity index (χ0v) is 25.0. The van der Waals surface area contributed by atoms with Gasteiger partial charge in [0.2, 0.25) is 11.8 Å². The molecule has 12 nitrogen and oxygen atoms in total. The number of aromatic nitrogens is 1. The Hall–Kier alpha value is -3.12. The summed E-state index contributed by atoms with van der Waals surface area (Å²) in [6.45, 7) is 0.834. The molecule has 2 aliphatic heterocycles. The molecule has 3 heterocycles. The SMILES string of the molecule is O=C(CCCCC1SCC2NC(=O)NC21)NCCCCCC(=O)Nc1ccc(OP(=O)([O-])O)c(C[n+]2ccccc2)c1. The molecule has 4 atom stereocenters. The van der Waals surface area contributed by atoms with Gasteiger partial charge in [-0.2, -0.15) is 11.8 Å². The lowest BCUT2D eigenvalue weighted by molar-refractivity contribution is -0.688. The van der Waals surface area contributed by atoms with Crippen LogP contribution < -0.4 is 35.3 Å².